The van der Waals surface area contributed by atoms with Gasteiger partial charge in [0.2, 0.25) is 11.9 Å². The van der Waals surface area contributed by atoms with Crippen LogP contribution in [0.3, 0.4) is 0 Å². The number of hydrogen-bond acceptors (Lipinski definition) is 3. The van der Waals surface area contributed by atoms with Crippen molar-refractivity contribution in [3.63, 3.8) is 0 Å². The second-order valence-corrected chi connectivity index (χ2v) is 9.95. The fourth-order valence-corrected chi connectivity index (χ4v) is 4.44. The van der Waals surface area contributed by atoms with Crippen molar-refractivity contribution in [3.05, 3.63) is 101 Å². The summed E-state index contributed by atoms with van der Waals surface area (Å²) in [6, 6.07) is 23.6. The molecule has 2 amide bonds. The minimum absolute atomic E-state index is 0.0237. The summed E-state index contributed by atoms with van der Waals surface area (Å²) in [5, 5.41) is 3.00. The van der Waals surface area contributed by atoms with E-state index in [-0.39, 0.29) is 18.4 Å². The Morgan fingerprint density at radius 1 is 0.919 bits per heavy atom. The SMILES string of the molecule is Cc1ccc(-n2cc(-c3ccccc3)nc2NC(=O)CN(CC2CC2)C(=O)c2ccccc2C)cc1C. The highest BCUT2D eigenvalue weighted by Crippen LogP contribution is 2.30. The van der Waals surface area contributed by atoms with Gasteiger partial charge in [-0.25, -0.2) is 4.98 Å². The monoisotopic (exact) mass is 492 g/mol. The second kappa shape index (κ2) is 10.4. The highest BCUT2D eigenvalue weighted by molar-refractivity contribution is 6.00. The number of anilines is 1. The molecule has 0 atom stereocenters. The number of nitrogens with one attached hydrogen (secondary N) is 1. The predicted octanol–water partition coefficient (Wildman–Crippen LogP) is 5.96. The first-order valence-corrected chi connectivity index (χ1v) is 12.8. The van der Waals surface area contributed by atoms with E-state index in [1.165, 1.54) is 5.56 Å². The third-order valence-corrected chi connectivity index (χ3v) is 6.97. The van der Waals surface area contributed by atoms with Gasteiger partial charge in [-0.15, -0.1) is 0 Å². The van der Waals surface area contributed by atoms with E-state index >= 15 is 0 Å². The normalized spacial score (nSPS) is 12.8. The number of benzene rings is 3. The van der Waals surface area contributed by atoms with E-state index in [1.54, 1.807) is 4.90 Å². The van der Waals surface area contributed by atoms with Crippen LogP contribution in [0.1, 0.15) is 39.9 Å². The fourth-order valence-electron chi connectivity index (χ4n) is 4.44. The molecule has 6 nitrogen and oxygen atoms in total. The molecular weight excluding hydrogens is 460 g/mol. The quantitative estimate of drug-likeness (QED) is 0.330. The van der Waals surface area contributed by atoms with E-state index in [9.17, 15) is 9.59 Å². The van der Waals surface area contributed by atoms with Gasteiger partial charge < -0.3 is 4.90 Å². The van der Waals surface area contributed by atoms with Crippen LogP contribution in [0.15, 0.2) is 79.0 Å². The Hall–Kier alpha value is -4.19. The predicted molar refractivity (Wildman–Crippen MR) is 147 cm³/mol. The minimum atomic E-state index is -0.266. The number of carbonyl (C=O) groups is 2. The van der Waals surface area contributed by atoms with Crippen LogP contribution in [0.5, 0.6) is 0 Å². The summed E-state index contributed by atoms with van der Waals surface area (Å²) in [5.74, 6) is 0.519. The Kier molecular flexibility index (Phi) is 6.91. The molecule has 1 fully saturated rings. The summed E-state index contributed by atoms with van der Waals surface area (Å²) in [5.41, 5.74) is 6.54. The van der Waals surface area contributed by atoms with E-state index in [0.29, 0.717) is 24.0 Å². The molecule has 1 aromatic heterocycles. The van der Waals surface area contributed by atoms with E-state index in [0.717, 1.165) is 40.9 Å². The molecule has 0 aliphatic heterocycles. The smallest absolute Gasteiger partial charge is 0.254 e. The first-order chi connectivity index (χ1) is 17.9. The summed E-state index contributed by atoms with van der Waals surface area (Å²) in [7, 11) is 0. The molecule has 1 aliphatic carbocycles. The topological polar surface area (TPSA) is 67.2 Å². The van der Waals surface area contributed by atoms with E-state index in [4.69, 9.17) is 4.98 Å². The zero-order chi connectivity index (χ0) is 25.9. The molecular formula is C31H32N4O2. The molecule has 1 N–H and O–H groups in total. The summed E-state index contributed by atoms with van der Waals surface area (Å²) in [6.45, 7) is 6.63. The van der Waals surface area contributed by atoms with Crippen molar-refractivity contribution in [2.75, 3.05) is 18.4 Å². The van der Waals surface area contributed by atoms with Crippen molar-refractivity contribution < 1.29 is 9.59 Å². The average molecular weight is 493 g/mol. The molecule has 0 radical (unpaired) electrons. The average Bonchev–Trinajstić information content (AvgIpc) is 3.62. The zero-order valence-electron chi connectivity index (χ0n) is 21.6. The molecule has 1 saturated carbocycles. The molecule has 3 aromatic carbocycles. The molecule has 1 aliphatic rings. The van der Waals surface area contributed by atoms with E-state index in [2.05, 4.69) is 31.3 Å². The number of rotatable bonds is 8. The van der Waals surface area contributed by atoms with Crippen LogP contribution < -0.4 is 5.32 Å². The molecule has 1 heterocycles. The number of hydrogen-bond donors (Lipinski definition) is 1. The van der Waals surface area contributed by atoms with Crippen molar-refractivity contribution in [2.45, 2.75) is 33.6 Å². The maximum absolute atomic E-state index is 13.4. The molecule has 0 unspecified atom stereocenters. The van der Waals surface area contributed by atoms with Gasteiger partial charge in [0.1, 0.15) is 6.54 Å². The van der Waals surface area contributed by atoms with Gasteiger partial charge in [-0.1, -0.05) is 54.6 Å². The highest BCUT2D eigenvalue weighted by atomic mass is 16.2. The van der Waals surface area contributed by atoms with E-state index < -0.39 is 0 Å². The first-order valence-electron chi connectivity index (χ1n) is 12.8. The van der Waals surface area contributed by atoms with Gasteiger partial charge in [0.25, 0.3) is 5.91 Å². The van der Waals surface area contributed by atoms with Crippen molar-refractivity contribution in [2.24, 2.45) is 5.92 Å². The van der Waals surface area contributed by atoms with Gasteiger partial charge in [0, 0.05) is 29.6 Å². The Bertz CT molecular complexity index is 1440. The third-order valence-electron chi connectivity index (χ3n) is 6.97. The lowest BCUT2D eigenvalue weighted by Gasteiger charge is -2.23. The van der Waals surface area contributed by atoms with Crippen molar-refractivity contribution in [1.29, 1.82) is 0 Å². The maximum Gasteiger partial charge on any atom is 0.254 e. The van der Waals surface area contributed by atoms with Gasteiger partial charge in [0.15, 0.2) is 0 Å². The number of aromatic nitrogens is 2. The zero-order valence-corrected chi connectivity index (χ0v) is 21.6. The summed E-state index contributed by atoms with van der Waals surface area (Å²) in [4.78, 5) is 33.2. The minimum Gasteiger partial charge on any atom is -0.329 e. The largest absolute Gasteiger partial charge is 0.329 e. The summed E-state index contributed by atoms with van der Waals surface area (Å²) >= 11 is 0. The third kappa shape index (κ3) is 5.64. The Morgan fingerprint density at radius 2 is 1.65 bits per heavy atom. The lowest BCUT2D eigenvalue weighted by molar-refractivity contribution is -0.117. The van der Waals surface area contributed by atoms with Crippen molar-refractivity contribution >= 4 is 17.8 Å². The second-order valence-electron chi connectivity index (χ2n) is 9.95. The molecule has 6 heteroatoms. The van der Waals surface area contributed by atoms with Crippen molar-refractivity contribution in [3.8, 4) is 16.9 Å². The molecule has 5 rings (SSSR count). The highest BCUT2D eigenvalue weighted by Gasteiger charge is 2.29. The summed E-state index contributed by atoms with van der Waals surface area (Å²) in [6.07, 6.45) is 4.13. The number of nitrogens with zero attached hydrogens (tertiary/aromatic N) is 3. The number of carbonyl (C=O) groups excluding carboxylic acids is 2. The maximum atomic E-state index is 13.4. The molecule has 0 saturated heterocycles. The van der Waals surface area contributed by atoms with Crippen molar-refractivity contribution in [1.82, 2.24) is 14.5 Å². The lowest BCUT2D eigenvalue weighted by atomic mass is 10.1. The van der Waals surface area contributed by atoms with Crippen LogP contribution in [0.2, 0.25) is 0 Å². The van der Waals surface area contributed by atoms with Crippen LogP contribution in [-0.4, -0.2) is 39.4 Å². The van der Waals surface area contributed by atoms with Crippen LogP contribution in [0, 0.1) is 26.7 Å². The Balaban J connectivity index is 1.43. The van der Waals surface area contributed by atoms with Crippen LogP contribution in [0.4, 0.5) is 5.95 Å². The summed E-state index contributed by atoms with van der Waals surface area (Å²) < 4.78 is 1.90. The molecule has 37 heavy (non-hydrogen) atoms. The molecule has 0 bridgehead atoms. The lowest BCUT2D eigenvalue weighted by Crippen LogP contribution is -2.40. The molecule has 188 valence electrons. The fraction of sp³-hybridized carbons (Fsp3) is 0.258. The van der Waals surface area contributed by atoms with Crippen LogP contribution in [0.25, 0.3) is 16.9 Å². The van der Waals surface area contributed by atoms with Gasteiger partial charge >= 0.3 is 0 Å². The van der Waals surface area contributed by atoms with Crippen LogP contribution in [-0.2, 0) is 4.79 Å². The molecule has 4 aromatic rings. The van der Waals surface area contributed by atoms with Gasteiger partial charge in [0.05, 0.1) is 5.69 Å². The number of imidazole rings is 1. The van der Waals surface area contributed by atoms with Gasteiger partial charge in [-0.05, 0) is 74.4 Å². The number of aryl methyl sites for hydroxylation is 3. The van der Waals surface area contributed by atoms with E-state index in [1.807, 2.05) is 78.4 Å². The Morgan fingerprint density at radius 3 is 2.35 bits per heavy atom. The van der Waals surface area contributed by atoms with Gasteiger partial charge in [-0.3, -0.25) is 19.5 Å². The number of amides is 2. The van der Waals surface area contributed by atoms with Gasteiger partial charge in [-0.2, -0.15) is 0 Å². The molecule has 0 spiro atoms. The Labute approximate surface area is 218 Å². The first kappa shape index (κ1) is 24.5. The van der Waals surface area contributed by atoms with Crippen LogP contribution >= 0.6 is 0 Å². The standard InChI is InChI=1S/C31H32N4O2/c1-21-13-16-26(17-23(21)3)35-19-28(25-10-5-4-6-11-25)32-31(35)33-29(36)20-34(18-24-14-15-24)30(37)27-12-8-7-9-22(27)2/h4-13,16-17,19,24H,14-15,18,20H2,1-3H3,(H,32,33,36).